The van der Waals surface area contributed by atoms with Crippen molar-refractivity contribution < 1.29 is 19.1 Å². The first-order valence-electron chi connectivity index (χ1n) is 10.6. The Morgan fingerprint density at radius 1 is 1.14 bits per heavy atom. The Hall–Kier alpha value is -4.55. The Morgan fingerprint density at radius 2 is 1.86 bits per heavy atom. The largest absolute Gasteiger partial charge is 0.478 e. The van der Waals surface area contributed by atoms with Crippen LogP contribution in [-0.4, -0.2) is 51.6 Å². The van der Waals surface area contributed by atoms with E-state index >= 15 is 4.39 Å². The lowest BCUT2D eigenvalue weighted by atomic mass is 10.0. The molecular formula is C26H19ClFN5O3. The smallest absolute Gasteiger partial charge is 0.335 e. The first-order chi connectivity index (χ1) is 17.1. The number of hydrogen-bond acceptors (Lipinski definition) is 5. The molecule has 0 unspecified atom stereocenters. The fourth-order valence-corrected chi connectivity index (χ4v) is 4.23. The summed E-state index contributed by atoms with van der Waals surface area (Å²) in [5.41, 5.74) is 1.69. The molecule has 1 heterocycles. The van der Waals surface area contributed by atoms with Crippen molar-refractivity contribution >= 4 is 40.2 Å². The normalized spacial score (nSPS) is 11.4. The lowest BCUT2D eigenvalue weighted by molar-refractivity contribution is 0.0696. The molecule has 8 nitrogen and oxygen atoms in total. The number of fused-ring (bicyclic) bond motifs is 1. The van der Waals surface area contributed by atoms with Crippen molar-refractivity contribution in [3.05, 3.63) is 87.7 Å². The Balaban J connectivity index is 2.02. The van der Waals surface area contributed by atoms with Crippen molar-refractivity contribution in [3.63, 3.8) is 0 Å². The Morgan fingerprint density at radius 3 is 2.47 bits per heavy atom. The van der Waals surface area contributed by atoms with Crippen LogP contribution in [0.15, 0.2) is 59.6 Å². The molecule has 0 aliphatic heterocycles. The number of carbonyl (C=O) groups is 2. The Kier molecular flexibility index (Phi) is 6.55. The molecule has 1 N–H and O–H groups in total. The highest BCUT2D eigenvalue weighted by Gasteiger charge is 2.24. The van der Waals surface area contributed by atoms with Gasteiger partial charge in [0, 0.05) is 30.6 Å². The van der Waals surface area contributed by atoms with E-state index in [1.165, 1.54) is 12.1 Å². The highest BCUT2D eigenvalue weighted by atomic mass is 35.5. The van der Waals surface area contributed by atoms with Gasteiger partial charge in [0.2, 0.25) is 6.19 Å². The molecule has 10 heteroatoms. The first kappa shape index (κ1) is 24.6. The number of aliphatic imine (C=N–C) groups is 1. The summed E-state index contributed by atoms with van der Waals surface area (Å²) in [6.45, 7) is 1.74. The zero-order chi connectivity index (χ0) is 26.1. The van der Waals surface area contributed by atoms with Crippen LogP contribution in [0.1, 0.15) is 31.8 Å². The number of carboxylic acid groups (broad SMARTS) is 1. The third-order valence-electron chi connectivity index (χ3n) is 5.62. The fourth-order valence-electron chi connectivity index (χ4n) is 3.93. The summed E-state index contributed by atoms with van der Waals surface area (Å²) in [5, 5.41) is 23.4. The van der Waals surface area contributed by atoms with Gasteiger partial charge in [-0.3, -0.25) is 4.79 Å². The van der Waals surface area contributed by atoms with Gasteiger partial charge >= 0.3 is 5.97 Å². The van der Waals surface area contributed by atoms with Crippen molar-refractivity contribution in [1.82, 2.24) is 14.7 Å². The number of halogens is 2. The zero-order valence-corrected chi connectivity index (χ0v) is 20.2. The number of hydrogen-bond donors (Lipinski definition) is 1. The van der Waals surface area contributed by atoms with E-state index in [4.69, 9.17) is 16.9 Å². The summed E-state index contributed by atoms with van der Waals surface area (Å²) in [4.78, 5) is 30.4. The van der Waals surface area contributed by atoms with E-state index in [0.29, 0.717) is 27.9 Å². The highest BCUT2D eigenvalue weighted by Crippen LogP contribution is 2.32. The Bertz CT molecular complexity index is 1600. The monoisotopic (exact) mass is 503 g/mol. The minimum absolute atomic E-state index is 0.0266. The maximum Gasteiger partial charge on any atom is 0.335 e. The number of carboxylic acids is 1. The van der Waals surface area contributed by atoms with Gasteiger partial charge in [0.15, 0.2) is 0 Å². The SMILES string of the molecule is Cc1cccc(Cl)c1C(=O)n1nc(-c2ccc(C(=O)O)cc2F)c2ccc(/C(=N\C#N)N(C)C)cc21. The van der Waals surface area contributed by atoms with Gasteiger partial charge in [-0.15, -0.1) is 0 Å². The third kappa shape index (κ3) is 4.30. The Labute approximate surface area is 210 Å². The van der Waals surface area contributed by atoms with E-state index in [0.717, 1.165) is 10.7 Å². The maximum absolute atomic E-state index is 15.0. The number of rotatable bonds is 4. The molecule has 4 aromatic rings. The fraction of sp³-hybridized carbons (Fsp3) is 0.115. The molecule has 36 heavy (non-hydrogen) atoms. The number of aromatic nitrogens is 2. The molecule has 0 fully saturated rings. The van der Waals surface area contributed by atoms with E-state index in [9.17, 15) is 14.7 Å². The molecule has 180 valence electrons. The van der Waals surface area contributed by atoms with Crippen LogP contribution in [0.25, 0.3) is 22.2 Å². The van der Waals surface area contributed by atoms with Gasteiger partial charge in [-0.2, -0.15) is 20.0 Å². The van der Waals surface area contributed by atoms with Gasteiger partial charge in [-0.1, -0.05) is 29.8 Å². The molecule has 0 spiro atoms. The zero-order valence-electron chi connectivity index (χ0n) is 19.5. The van der Waals surface area contributed by atoms with Crippen LogP contribution in [0.5, 0.6) is 0 Å². The number of nitrogens with zero attached hydrogens (tertiary/aromatic N) is 5. The van der Waals surface area contributed by atoms with E-state index in [2.05, 4.69) is 10.1 Å². The van der Waals surface area contributed by atoms with Crippen molar-refractivity contribution in [2.75, 3.05) is 14.1 Å². The maximum atomic E-state index is 15.0. The van der Waals surface area contributed by atoms with Crippen LogP contribution in [0, 0.1) is 24.2 Å². The van der Waals surface area contributed by atoms with Gasteiger partial charge in [-0.05, 0) is 48.9 Å². The third-order valence-corrected chi connectivity index (χ3v) is 5.93. The van der Waals surface area contributed by atoms with E-state index < -0.39 is 17.7 Å². The molecule has 0 bridgehead atoms. The van der Waals surface area contributed by atoms with Crippen LogP contribution in [0.4, 0.5) is 4.39 Å². The molecule has 0 atom stereocenters. The summed E-state index contributed by atoms with van der Waals surface area (Å²) in [5.74, 6) is -2.24. The van der Waals surface area contributed by atoms with Crippen LogP contribution in [-0.2, 0) is 0 Å². The van der Waals surface area contributed by atoms with Gasteiger partial charge in [-0.25, -0.2) is 9.18 Å². The molecule has 1 aromatic heterocycles. The minimum Gasteiger partial charge on any atom is -0.478 e. The minimum atomic E-state index is -1.27. The molecule has 0 saturated carbocycles. The van der Waals surface area contributed by atoms with Gasteiger partial charge < -0.3 is 10.0 Å². The predicted molar refractivity (Wildman–Crippen MR) is 134 cm³/mol. The highest BCUT2D eigenvalue weighted by molar-refractivity contribution is 6.34. The average Bonchev–Trinajstić information content (AvgIpc) is 3.20. The lowest BCUT2D eigenvalue weighted by Crippen LogP contribution is -2.23. The predicted octanol–water partition coefficient (Wildman–Crippen LogP) is 4.98. The number of aryl methyl sites for hydroxylation is 1. The summed E-state index contributed by atoms with van der Waals surface area (Å²) < 4.78 is 16.2. The molecule has 0 amide bonds. The summed E-state index contributed by atoms with van der Waals surface area (Å²) in [6.07, 6.45) is 1.77. The van der Waals surface area contributed by atoms with Crippen LogP contribution in [0.2, 0.25) is 5.02 Å². The molecule has 0 saturated heterocycles. The van der Waals surface area contributed by atoms with Crippen molar-refractivity contribution in [1.29, 1.82) is 5.26 Å². The molecule has 0 aliphatic carbocycles. The van der Waals surface area contributed by atoms with Gasteiger partial charge in [0.1, 0.15) is 17.3 Å². The lowest BCUT2D eigenvalue weighted by Gasteiger charge is -2.14. The topological polar surface area (TPSA) is 112 Å². The molecule has 4 rings (SSSR count). The summed E-state index contributed by atoms with van der Waals surface area (Å²) in [6, 6.07) is 13.5. The van der Waals surface area contributed by atoms with Crippen LogP contribution < -0.4 is 0 Å². The molecule has 0 radical (unpaired) electrons. The molecule has 0 aliphatic rings. The first-order valence-corrected chi connectivity index (χ1v) is 11.0. The second kappa shape index (κ2) is 9.60. The average molecular weight is 504 g/mol. The van der Waals surface area contributed by atoms with E-state index in [-0.39, 0.29) is 27.4 Å². The van der Waals surface area contributed by atoms with Crippen LogP contribution in [0.3, 0.4) is 0 Å². The van der Waals surface area contributed by atoms with E-state index in [1.54, 1.807) is 68.5 Å². The number of benzene rings is 3. The van der Waals surface area contributed by atoms with Crippen molar-refractivity contribution in [3.8, 4) is 17.5 Å². The second-order valence-corrected chi connectivity index (χ2v) is 8.57. The summed E-state index contributed by atoms with van der Waals surface area (Å²) in [7, 11) is 3.45. The second-order valence-electron chi connectivity index (χ2n) is 8.16. The number of amidine groups is 1. The van der Waals surface area contributed by atoms with Gasteiger partial charge in [0.25, 0.3) is 5.91 Å². The number of aromatic carboxylic acids is 1. The standard InChI is InChI=1S/C26H19ClFN5O3/c1-14-5-4-6-19(27)22(14)25(34)33-21-12-15(24(30-13-29)32(2)3)7-10-18(21)23(31-33)17-9-8-16(26(35)36)11-20(17)28/h4-12H,1-3H3,(H,35,36)/b30-24+. The number of nitriles is 1. The quantitative estimate of drug-likeness (QED) is 0.239. The van der Waals surface area contributed by atoms with Crippen molar-refractivity contribution in [2.24, 2.45) is 4.99 Å². The van der Waals surface area contributed by atoms with Crippen LogP contribution >= 0.6 is 11.6 Å². The summed E-state index contributed by atoms with van der Waals surface area (Å²) >= 11 is 6.35. The number of carbonyl (C=O) groups excluding carboxylic acids is 1. The van der Waals surface area contributed by atoms with Crippen molar-refractivity contribution in [2.45, 2.75) is 6.92 Å². The van der Waals surface area contributed by atoms with Gasteiger partial charge in [0.05, 0.1) is 21.7 Å². The molecule has 3 aromatic carbocycles. The molecular weight excluding hydrogens is 485 g/mol. The van der Waals surface area contributed by atoms with E-state index in [1.807, 2.05) is 0 Å².